The third kappa shape index (κ3) is 3.83. The van der Waals surface area contributed by atoms with Crippen LogP contribution in [0.25, 0.3) is 0 Å². The van der Waals surface area contributed by atoms with Gasteiger partial charge in [0.2, 0.25) is 10.0 Å². The molecule has 0 spiro atoms. The van der Waals surface area contributed by atoms with E-state index in [1.165, 1.54) is 57.4 Å². The van der Waals surface area contributed by atoms with Gasteiger partial charge in [-0.2, -0.15) is 0 Å². The lowest BCUT2D eigenvalue weighted by Gasteiger charge is -2.13. The molecule has 0 saturated heterocycles. The van der Waals surface area contributed by atoms with Crippen molar-refractivity contribution >= 4 is 27.3 Å². The molecular weight excluding hydrogens is 346 g/mol. The van der Waals surface area contributed by atoms with Gasteiger partial charge in [0, 0.05) is 25.7 Å². The molecule has 132 valence electrons. The zero-order valence-electron chi connectivity index (χ0n) is 13.9. The standard InChI is InChI=1S/C16H17N3O5S/c1-11-14(8-5-9-15(11)19(21)22)17-16(20)12-6-4-7-13(10-12)25(23,24)18(2)3/h4-10H,1-3H3,(H,17,20). The average Bonchev–Trinajstić information content (AvgIpc) is 2.56. The van der Waals surface area contributed by atoms with E-state index >= 15 is 0 Å². The van der Waals surface area contributed by atoms with E-state index in [0.29, 0.717) is 11.3 Å². The van der Waals surface area contributed by atoms with E-state index < -0.39 is 20.9 Å². The molecule has 9 heteroatoms. The number of nitrogens with one attached hydrogen (secondary N) is 1. The zero-order valence-corrected chi connectivity index (χ0v) is 14.7. The molecule has 0 aromatic heterocycles. The van der Waals surface area contributed by atoms with Crippen LogP contribution in [0.1, 0.15) is 15.9 Å². The van der Waals surface area contributed by atoms with Crippen molar-refractivity contribution in [2.75, 3.05) is 19.4 Å². The Morgan fingerprint density at radius 3 is 2.40 bits per heavy atom. The summed E-state index contributed by atoms with van der Waals surface area (Å²) in [5.41, 5.74) is 0.633. The summed E-state index contributed by atoms with van der Waals surface area (Å²) < 4.78 is 25.4. The Bertz CT molecular complexity index is 939. The lowest BCUT2D eigenvalue weighted by Crippen LogP contribution is -2.22. The molecule has 0 unspecified atom stereocenters. The number of nitro benzene ring substituents is 1. The van der Waals surface area contributed by atoms with E-state index in [2.05, 4.69) is 5.32 Å². The number of carbonyl (C=O) groups is 1. The van der Waals surface area contributed by atoms with Gasteiger partial charge in [-0.1, -0.05) is 12.1 Å². The summed E-state index contributed by atoms with van der Waals surface area (Å²) in [5, 5.41) is 13.5. The van der Waals surface area contributed by atoms with E-state index in [9.17, 15) is 23.3 Å². The second-order valence-corrected chi connectivity index (χ2v) is 7.63. The van der Waals surface area contributed by atoms with E-state index in [1.54, 1.807) is 6.07 Å². The van der Waals surface area contributed by atoms with Gasteiger partial charge in [-0.05, 0) is 31.2 Å². The number of hydrogen-bond donors (Lipinski definition) is 1. The van der Waals surface area contributed by atoms with Crippen LogP contribution in [-0.2, 0) is 10.0 Å². The molecule has 0 aliphatic carbocycles. The molecular formula is C16H17N3O5S. The number of nitro groups is 1. The van der Waals surface area contributed by atoms with Crippen molar-refractivity contribution in [1.82, 2.24) is 4.31 Å². The summed E-state index contributed by atoms with van der Waals surface area (Å²) >= 11 is 0. The second kappa shape index (κ2) is 6.99. The highest BCUT2D eigenvalue weighted by atomic mass is 32.2. The van der Waals surface area contributed by atoms with Crippen molar-refractivity contribution in [2.24, 2.45) is 0 Å². The Hall–Kier alpha value is -2.78. The number of amides is 1. The Kier molecular flexibility index (Phi) is 5.19. The number of benzene rings is 2. The fraction of sp³-hybridized carbons (Fsp3) is 0.188. The summed E-state index contributed by atoms with van der Waals surface area (Å²) in [6.07, 6.45) is 0. The Balaban J connectivity index is 2.35. The van der Waals surface area contributed by atoms with Gasteiger partial charge < -0.3 is 5.32 Å². The second-order valence-electron chi connectivity index (χ2n) is 5.48. The maximum Gasteiger partial charge on any atom is 0.274 e. The van der Waals surface area contributed by atoms with Crippen molar-refractivity contribution in [3.63, 3.8) is 0 Å². The van der Waals surface area contributed by atoms with Gasteiger partial charge in [-0.25, -0.2) is 12.7 Å². The molecule has 0 atom stereocenters. The van der Waals surface area contributed by atoms with Crippen LogP contribution in [0.3, 0.4) is 0 Å². The first-order valence-corrected chi connectivity index (χ1v) is 8.66. The molecule has 0 fully saturated rings. The molecule has 0 aliphatic rings. The first kappa shape index (κ1) is 18.6. The van der Waals surface area contributed by atoms with Crippen molar-refractivity contribution in [1.29, 1.82) is 0 Å². The maximum atomic E-state index is 12.4. The fourth-order valence-corrected chi connectivity index (χ4v) is 3.11. The van der Waals surface area contributed by atoms with Crippen molar-refractivity contribution in [3.8, 4) is 0 Å². The molecule has 0 bridgehead atoms. The lowest BCUT2D eigenvalue weighted by molar-refractivity contribution is -0.385. The van der Waals surface area contributed by atoms with Crippen LogP contribution in [0.4, 0.5) is 11.4 Å². The Labute approximate surface area is 145 Å². The van der Waals surface area contributed by atoms with Gasteiger partial charge in [0.15, 0.2) is 0 Å². The van der Waals surface area contributed by atoms with Crippen molar-refractivity contribution < 1.29 is 18.1 Å². The zero-order chi connectivity index (χ0) is 18.8. The van der Waals surface area contributed by atoms with E-state index in [1.807, 2.05) is 0 Å². The summed E-state index contributed by atoms with van der Waals surface area (Å²) in [7, 11) is -0.873. The quantitative estimate of drug-likeness (QED) is 0.648. The highest BCUT2D eigenvalue weighted by Crippen LogP contribution is 2.25. The molecule has 25 heavy (non-hydrogen) atoms. The van der Waals surface area contributed by atoms with Crippen LogP contribution in [0.15, 0.2) is 47.4 Å². The summed E-state index contributed by atoms with van der Waals surface area (Å²) in [6.45, 7) is 1.53. The third-order valence-corrected chi connectivity index (χ3v) is 5.44. The molecule has 2 aromatic rings. The Morgan fingerprint density at radius 1 is 1.16 bits per heavy atom. The van der Waals surface area contributed by atoms with Gasteiger partial charge in [-0.15, -0.1) is 0 Å². The number of sulfonamides is 1. The highest BCUT2D eigenvalue weighted by molar-refractivity contribution is 7.89. The van der Waals surface area contributed by atoms with E-state index in [0.717, 1.165) is 4.31 Å². The molecule has 1 amide bonds. The molecule has 0 heterocycles. The van der Waals surface area contributed by atoms with Gasteiger partial charge >= 0.3 is 0 Å². The number of anilines is 1. The SMILES string of the molecule is Cc1c(NC(=O)c2cccc(S(=O)(=O)N(C)C)c2)cccc1[N+](=O)[O-]. The third-order valence-electron chi connectivity index (χ3n) is 3.62. The molecule has 0 aliphatic heterocycles. The average molecular weight is 363 g/mol. The van der Waals surface area contributed by atoms with Crippen LogP contribution >= 0.6 is 0 Å². The van der Waals surface area contributed by atoms with Gasteiger partial charge in [0.25, 0.3) is 11.6 Å². The number of rotatable bonds is 5. The summed E-state index contributed by atoms with van der Waals surface area (Å²) in [6, 6.07) is 9.94. The first-order valence-electron chi connectivity index (χ1n) is 7.22. The van der Waals surface area contributed by atoms with E-state index in [4.69, 9.17) is 0 Å². The van der Waals surface area contributed by atoms with Gasteiger partial charge in [-0.3, -0.25) is 14.9 Å². The predicted octanol–water partition coefficient (Wildman–Crippen LogP) is 2.41. The minimum absolute atomic E-state index is 0.0130. The molecule has 0 radical (unpaired) electrons. The minimum atomic E-state index is -3.67. The first-order chi connectivity index (χ1) is 11.6. The van der Waals surface area contributed by atoms with Crippen molar-refractivity contribution in [2.45, 2.75) is 11.8 Å². The molecule has 1 N–H and O–H groups in total. The van der Waals surface area contributed by atoms with Crippen molar-refractivity contribution in [3.05, 3.63) is 63.7 Å². The number of carbonyl (C=O) groups excluding carboxylic acids is 1. The summed E-state index contributed by atoms with van der Waals surface area (Å²) in [5.74, 6) is -0.556. The number of hydrogen-bond acceptors (Lipinski definition) is 5. The fourth-order valence-electron chi connectivity index (χ4n) is 2.16. The molecule has 2 rings (SSSR count). The van der Waals surface area contributed by atoms with Gasteiger partial charge in [0.1, 0.15) is 0 Å². The maximum absolute atomic E-state index is 12.4. The van der Waals surface area contributed by atoms with E-state index in [-0.39, 0.29) is 16.1 Å². The van der Waals surface area contributed by atoms with Crippen LogP contribution in [0, 0.1) is 17.0 Å². The highest BCUT2D eigenvalue weighted by Gasteiger charge is 2.20. The molecule has 0 saturated carbocycles. The number of nitrogens with zero attached hydrogens (tertiary/aromatic N) is 2. The summed E-state index contributed by atoms with van der Waals surface area (Å²) in [4.78, 5) is 22.8. The normalized spacial score (nSPS) is 11.4. The van der Waals surface area contributed by atoms with Crippen LogP contribution in [0.2, 0.25) is 0 Å². The van der Waals surface area contributed by atoms with Crippen LogP contribution < -0.4 is 5.32 Å². The topological polar surface area (TPSA) is 110 Å². The lowest BCUT2D eigenvalue weighted by atomic mass is 10.1. The monoisotopic (exact) mass is 363 g/mol. The van der Waals surface area contributed by atoms with Gasteiger partial charge in [0.05, 0.1) is 21.1 Å². The predicted molar refractivity (Wildman–Crippen MR) is 93.1 cm³/mol. The largest absolute Gasteiger partial charge is 0.321 e. The molecule has 2 aromatic carbocycles. The smallest absolute Gasteiger partial charge is 0.274 e. The Morgan fingerprint density at radius 2 is 1.80 bits per heavy atom. The van der Waals surface area contributed by atoms with Crippen LogP contribution in [0.5, 0.6) is 0 Å². The minimum Gasteiger partial charge on any atom is -0.321 e. The van der Waals surface area contributed by atoms with Crippen LogP contribution in [-0.4, -0.2) is 37.6 Å². The molecule has 8 nitrogen and oxygen atoms in total.